The van der Waals surface area contributed by atoms with Gasteiger partial charge in [-0.1, -0.05) is 0 Å². The van der Waals surface area contributed by atoms with E-state index in [1.54, 1.807) is 0 Å². The molecule has 0 atom stereocenters. The summed E-state index contributed by atoms with van der Waals surface area (Å²) in [7, 11) is 0. The topological polar surface area (TPSA) is 42.4 Å². The van der Waals surface area contributed by atoms with Crippen molar-refractivity contribution < 1.29 is 22.7 Å². The molecular formula is C9H9F3N2O2S. The first-order valence-corrected chi connectivity index (χ1v) is 5.76. The van der Waals surface area contributed by atoms with Gasteiger partial charge in [0, 0.05) is 13.1 Å². The van der Waals surface area contributed by atoms with E-state index in [-0.39, 0.29) is 4.88 Å². The molecule has 1 aromatic heterocycles. The van der Waals surface area contributed by atoms with Crippen molar-refractivity contribution in [2.24, 2.45) is 0 Å². The number of hydrogen-bond donors (Lipinski definition) is 0. The van der Waals surface area contributed by atoms with Crippen LogP contribution in [0.2, 0.25) is 0 Å². The molecule has 0 radical (unpaired) electrons. The Hall–Kier alpha value is -1.15. The summed E-state index contributed by atoms with van der Waals surface area (Å²) in [6.45, 7) is 1.33. The van der Waals surface area contributed by atoms with Crippen LogP contribution in [0.3, 0.4) is 0 Å². The molecule has 1 aromatic rings. The second-order valence-electron chi connectivity index (χ2n) is 3.43. The van der Waals surface area contributed by atoms with Crippen molar-refractivity contribution in [2.75, 3.05) is 26.3 Å². The minimum atomic E-state index is -4.59. The van der Waals surface area contributed by atoms with E-state index in [0.717, 1.165) is 5.51 Å². The second kappa shape index (κ2) is 4.61. The van der Waals surface area contributed by atoms with Crippen LogP contribution in [0.1, 0.15) is 15.4 Å². The molecule has 1 aliphatic heterocycles. The van der Waals surface area contributed by atoms with Crippen molar-refractivity contribution in [3.05, 3.63) is 16.1 Å². The summed E-state index contributed by atoms with van der Waals surface area (Å²) in [6, 6.07) is 0. The summed E-state index contributed by atoms with van der Waals surface area (Å²) in [5.41, 5.74) is -0.0600. The van der Waals surface area contributed by atoms with Gasteiger partial charge in [0.05, 0.1) is 18.7 Å². The molecule has 4 nitrogen and oxygen atoms in total. The number of alkyl halides is 3. The Morgan fingerprint density at radius 1 is 1.41 bits per heavy atom. The van der Waals surface area contributed by atoms with Crippen LogP contribution in [0.4, 0.5) is 13.2 Å². The Morgan fingerprint density at radius 3 is 2.65 bits per heavy atom. The van der Waals surface area contributed by atoms with Gasteiger partial charge in [0.15, 0.2) is 5.69 Å². The van der Waals surface area contributed by atoms with Crippen LogP contribution in [0.15, 0.2) is 5.51 Å². The van der Waals surface area contributed by atoms with Crippen molar-refractivity contribution in [3.63, 3.8) is 0 Å². The first-order chi connectivity index (χ1) is 8.00. The van der Waals surface area contributed by atoms with Crippen molar-refractivity contribution in [1.82, 2.24) is 9.88 Å². The van der Waals surface area contributed by atoms with Crippen LogP contribution < -0.4 is 0 Å². The van der Waals surface area contributed by atoms with Crippen molar-refractivity contribution in [1.29, 1.82) is 0 Å². The molecule has 1 fully saturated rings. The third-order valence-corrected chi connectivity index (χ3v) is 3.14. The van der Waals surface area contributed by atoms with Crippen molar-refractivity contribution in [2.45, 2.75) is 6.18 Å². The Balaban J connectivity index is 2.22. The number of aromatic nitrogens is 1. The van der Waals surface area contributed by atoms with Gasteiger partial charge in [-0.15, -0.1) is 11.3 Å². The van der Waals surface area contributed by atoms with E-state index < -0.39 is 17.8 Å². The van der Waals surface area contributed by atoms with Gasteiger partial charge < -0.3 is 9.64 Å². The number of carbonyl (C=O) groups is 1. The molecule has 2 rings (SSSR count). The van der Waals surface area contributed by atoms with Crippen LogP contribution in [-0.4, -0.2) is 42.1 Å². The lowest BCUT2D eigenvalue weighted by atomic mass is 10.3. The molecule has 17 heavy (non-hydrogen) atoms. The maximum atomic E-state index is 12.6. The molecule has 1 aliphatic rings. The number of halogens is 3. The van der Waals surface area contributed by atoms with Crippen LogP contribution in [0.5, 0.6) is 0 Å². The Kier molecular flexibility index (Phi) is 3.34. The fourth-order valence-electron chi connectivity index (χ4n) is 1.51. The van der Waals surface area contributed by atoms with E-state index in [0.29, 0.717) is 37.6 Å². The maximum Gasteiger partial charge on any atom is 0.434 e. The second-order valence-corrected chi connectivity index (χ2v) is 4.29. The first kappa shape index (κ1) is 12.3. The van der Waals surface area contributed by atoms with E-state index in [4.69, 9.17) is 4.74 Å². The molecule has 94 valence electrons. The number of rotatable bonds is 1. The molecule has 0 N–H and O–H groups in total. The number of ether oxygens (including phenoxy) is 1. The van der Waals surface area contributed by atoms with Gasteiger partial charge in [-0.05, 0) is 0 Å². The fourth-order valence-corrected chi connectivity index (χ4v) is 2.28. The van der Waals surface area contributed by atoms with Crippen molar-refractivity contribution >= 4 is 17.2 Å². The lowest BCUT2D eigenvalue weighted by molar-refractivity contribution is -0.141. The third-order valence-electron chi connectivity index (χ3n) is 2.33. The van der Waals surface area contributed by atoms with Gasteiger partial charge in [-0.25, -0.2) is 4.98 Å². The number of nitrogens with zero attached hydrogens (tertiary/aromatic N) is 2. The van der Waals surface area contributed by atoms with Crippen LogP contribution >= 0.6 is 11.3 Å². The summed E-state index contributed by atoms with van der Waals surface area (Å²) in [5.74, 6) is -0.622. The van der Waals surface area contributed by atoms with E-state index >= 15 is 0 Å². The molecule has 8 heteroatoms. The van der Waals surface area contributed by atoms with Crippen LogP contribution in [0, 0.1) is 0 Å². The third kappa shape index (κ3) is 2.58. The molecule has 0 spiro atoms. The summed E-state index contributed by atoms with van der Waals surface area (Å²) in [5, 5.41) is 0. The predicted octanol–water partition coefficient (Wildman–Crippen LogP) is 1.63. The molecule has 0 saturated carbocycles. The molecule has 0 unspecified atom stereocenters. The number of morpholine rings is 1. The van der Waals surface area contributed by atoms with Crippen molar-refractivity contribution in [3.8, 4) is 0 Å². The minimum Gasteiger partial charge on any atom is -0.378 e. The summed E-state index contributed by atoms with van der Waals surface area (Å²) < 4.78 is 42.7. The highest BCUT2D eigenvalue weighted by atomic mass is 32.1. The molecule has 1 amide bonds. The normalized spacial score (nSPS) is 17.2. The molecule has 1 saturated heterocycles. The summed E-state index contributed by atoms with van der Waals surface area (Å²) in [4.78, 5) is 16.1. The number of carbonyl (C=O) groups excluding carboxylic acids is 1. The highest BCUT2D eigenvalue weighted by Gasteiger charge is 2.39. The van der Waals surface area contributed by atoms with E-state index in [2.05, 4.69) is 4.98 Å². The van der Waals surface area contributed by atoms with Crippen LogP contribution in [0.25, 0.3) is 0 Å². The van der Waals surface area contributed by atoms with E-state index in [9.17, 15) is 18.0 Å². The molecule has 0 aromatic carbocycles. The Morgan fingerprint density at radius 2 is 2.06 bits per heavy atom. The van der Waals surface area contributed by atoms with Gasteiger partial charge in [-0.2, -0.15) is 13.2 Å². The lowest BCUT2D eigenvalue weighted by Gasteiger charge is -2.26. The zero-order valence-electron chi connectivity index (χ0n) is 8.66. The predicted molar refractivity (Wildman–Crippen MR) is 53.8 cm³/mol. The number of amides is 1. The van der Waals surface area contributed by atoms with Gasteiger partial charge in [0.1, 0.15) is 4.88 Å². The SMILES string of the molecule is O=C(c1scnc1C(F)(F)F)N1CCOCC1. The monoisotopic (exact) mass is 266 g/mol. The molecule has 0 aliphatic carbocycles. The van der Waals surface area contributed by atoms with Gasteiger partial charge in [-0.3, -0.25) is 4.79 Å². The quantitative estimate of drug-likeness (QED) is 0.776. The molecule has 2 heterocycles. The van der Waals surface area contributed by atoms with E-state index in [1.165, 1.54) is 4.90 Å². The number of thiazole rings is 1. The molecule has 0 bridgehead atoms. The summed E-state index contributed by atoms with van der Waals surface area (Å²) >= 11 is 0.715. The van der Waals surface area contributed by atoms with Gasteiger partial charge >= 0.3 is 6.18 Å². The zero-order valence-corrected chi connectivity index (χ0v) is 9.48. The highest BCUT2D eigenvalue weighted by molar-refractivity contribution is 7.11. The molecular weight excluding hydrogens is 257 g/mol. The van der Waals surface area contributed by atoms with E-state index in [1.807, 2.05) is 0 Å². The van der Waals surface area contributed by atoms with Crippen LogP contribution in [-0.2, 0) is 10.9 Å². The Bertz CT molecular complexity index is 413. The number of hydrogen-bond acceptors (Lipinski definition) is 4. The van der Waals surface area contributed by atoms with Gasteiger partial charge in [0.25, 0.3) is 5.91 Å². The average Bonchev–Trinajstić information content (AvgIpc) is 2.78. The largest absolute Gasteiger partial charge is 0.434 e. The fraction of sp³-hybridized carbons (Fsp3) is 0.556. The lowest BCUT2D eigenvalue weighted by Crippen LogP contribution is -2.41. The minimum absolute atomic E-state index is 0.314. The van der Waals surface area contributed by atoms with Gasteiger partial charge in [0.2, 0.25) is 0 Å². The average molecular weight is 266 g/mol. The Labute approximate surface area is 99.0 Å². The standard InChI is InChI=1S/C9H9F3N2O2S/c10-9(11,12)7-6(17-5-13-7)8(15)14-1-3-16-4-2-14/h5H,1-4H2. The summed E-state index contributed by atoms with van der Waals surface area (Å²) in [6.07, 6.45) is -4.59. The highest BCUT2D eigenvalue weighted by Crippen LogP contribution is 2.33. The zero-order chi connectivity index (χ0) is 12.5. The maximum absolute atomic E-state index is 12.6. The smallest absolute Gasteiger partial charge is 0.378 e. The first-order valence-electron chi connectivity index (χ1n) is 4.88.